The van der Waals surface area contributed by atoms with E-state index in [2.05, 4.69) is 20.8 Å². The van der Waals surface area contributed by atoms with Gasteiger partial charge in [-0.3, -0.25) is 9.59 Å². The molecule has 0 spiro atoms. The molecule has 0 aliphatic carbocycles. The number of benzene rings is 3. The number of ether oxygens (including phenoxy) is 1. The Morgan fingerprint density at radius 1 is 0.838 bits per heavy atom. The molecule has 2 heterocycles. The fourth-order valence-corrected chi connectivity index (χ4v) is 3.56. The van der Waals surface area contributed by atoms with E-state index in [4.69, 9.17) is 13.6 Å². The summed E-state index contributed by atoms with van der Waals surface area (Å²) in [4.78, 5) is 24.9. The fraction of sp³-hybridized carbons (Fsp3) is 0.0714. The summed E-state index contributed by atoms with van der Waals surface area (Å²) in [5.41, 5.74) is 3.37. The Bertz CT molecular complexity index is 1520. The zero-order valence-corrected chi connectivity index (χ0v) is 19.8. The van der Waals surface area contributed by atoms with E-state index in [9.17, 15) is 9.59 Å². The van der Waals surface area contributed by atoms with Gasteiger partial charge >= 0.3 is 0 Å². The van der Waals surface area contributed by atoms with Crippen LogP contribution in [-0.4, -0.2) is 22.0 Å². The van der Waals surface area contributed by atoms with Crippen molar-refractivity contribution < 1.29 is 23.2 Å². The van der Waals surface area contributed by atoms with E-state index in [1.54, 1.807) is 60.7 Å². The van der Waals surface area contributed by atoms with Crippen molar-refractivity contribution in [3.05, 3.63) is 114 Å². The average Bonchev–Trinajstić information content (AvgIpc) is 3.62. The molecule has 5 aromatic rings. The lowest BCUT2D eigenvalue weighted by molar-refractivity contribution is 0.0993. The Labute approximate surface area is 212 Å². The molecule has 0 aliphatic rings. The number of furan rings is 1. The van der Waals surface area contributed by atoms with E-state index >= 15 is 0 Å². The van der Waals surface area contributed by atoms with E-state index in [1.807, 2.05) is 31.2 Å². The van der Waals surface area contributed by atoms with E-state index in [-0.39, 0.29) is 18.3 Å². The molecule has 3 aromatic carbocycles. The summed E-state index contributed by atoms with van der Waals surface area (Å²) in [5, 5.41) is 13.7. The van der Waals surface area contributed by atoms with Crippen LogP contribution in [0.2, 0.25) is 0 Å². The molecule has 0 radical (unpaired) electrons. The Balaban J connectivity index is 1.16. The van der Waals surface area contributed by atoms with Crippen molar-refractivity contribution >= 4 is 23.2 Å². The molecular weight excluding hydrogens is 472 g/mol. The summed E-state index contributed by atoms with van der Waals surface area (Å²) < 4.78 is 16.5. The van der Waals surface area contributed by atoms with Crippen molar-refractivity contribution in [2.45, 2.75) is 13.5 Å². The van der Waals surface area contributed by atoms with Crippen LogP contribution < -0.4 is 15.4 Å². The first-order chi connectivity index (χ1) is 18.0. The molecule has 5 rings (SSSR count). The lowest BCUT2D eigenvalue weighted by Crippen LogP contribution is -2.14. The molecule has 2 aromatic heterocycles. The number of carbonyl (C=O) groups is 2. The maximum Gasteiger partial charge on any atom is 0.291 e. The molecule has 0 fully saturated rings. The number of aryl methyl sites for hydroxylation is 1. The minimum atomic E-state index is -0.398. The van der Waals surface area contributed by atoms with Gasteiger partial charge in [0, 0.05) is 22.5 Å². The monoisotopic (exact) mass is 494 g/mol. The number of anilines is 2. The van der Waals surface area contributed by atoms with E-state index in [0.717, 1.165) is 11.1 Å². The molecule has 2 N–H and O–H groups in total. The molecule has 2 amide bonds. The number of nitrogens with zero attached hydrogens (tertiary/aromatic N) is 2. The molecule has 9 heteroatoms. The summed E-state index contributed by atoms with van der Waals surface area (Å²) in [6.45, 7) is 2.09. The third-order valence-corrected chi connectivity index (χ3v) is 5.44. The van der Waals surface area contributed by atoms with Gasteiger partial charge in [0.2, 0.25) is 5.89 Å². The van der Waals surface area contributed by atoms with Gasteiger partial charge in [0.05, 0.1) is 6.26 Å². The first-order valence-corrected chi connectivity index (χ1v) is 11.4. The van der Waals surface area contributed by atoms with Gasteiger partial charge in [0.25, 0.3) is 17.7 Å². The normalized spacial score (nSPS) is 10.6. The summed E-state index contributed by atoms with van der Waals surface area (Å²) in [7, 11) is 0. The fourth-order valence-electron chi connectivity index (χ4n) is 3.56. The van der Waals surface area contributed by atoms with E-state index in [0.29, 0.717) is 34.5 Å². The first-order valence-electron chi connectivity index (χ1n) is 11.4. The SMILES string of the molecule is Cc1ccccc1-c1nnc(COc2ccc(NC(=O)c3cccc(NC(=O)c4ccco4)c3)cc2)o1. The first kappa shape index (κ1) is 23.6. The number of amides is 2. The van der Waals surface area contributed by atoms with Crippen LogP contribution in [0.1, 0.15) is 32.4 Å². The van der Waals surface area contributed by atoms with Gasteiger partial charge in [0.1, 0.15) is 5.75 Å². The van der Waals surface area contributed by atoms with Gasteiger partial charge in [-0.25, -0.2) is 0 Å². The molecule has 37 heavy (non-hydrogen) atoms. The number of rotatable bonds is 8. The lowest BCUT2D eigenvalue weighted by Gasteiger charge is -2.09. The highest BCUT2D eigenvalue weighted by Gasteiger charge is 2.13. The molecule has 0 unspecified atom stereocenters. The molecule has 0 aliphatic heterocycles. The standard InChI is InChI=1S/C28H22N4O5/c1-18-6-2-3-9-23(18)28-32-31-25(37-28)17-36-22-13-11-20(12-14-22)29-26(33)19-7-4-8-21(16-19)30-27(34)24-10-5-15-35-24/h2-16H,17H2,1H3,(H,29,33)(H,30,34). The minimum Gasteiger partial charge on any atom is -0.484 e. The molecule has 0 atom stereocenters. The van der Waals surface area contributed by atoms with E-state index < -0.39 is 5.91 Å². The van der Waals surface area contributed by atoms with Crippen molar-refractivity contribution in [1.82, 2.24) is 10.2 Å². The summed E-state index contributed by atoms with van der Waals surface area (Å²) in [5.74, 6) is 0.843. The maximum absolute atomic E-state index is 12.7. The van der Waals surface area contributed by atoms with E-state index in [1.165, 1.54) is 6.26 Å². The third-order valence-electron chi connectivity index (χ3n) is 5.44. The van der Waals surface area contributed by atoms with Crippen LogP contribution in [0.3, 0.4) is 0 Å². The Morgan fingerprint density at radius 3 is 2.43 bits per heavy atom. The summed E-state index contributed by atoms with van der Waals surface area (Å²) in [6, 6.07) is 24.5. The van der Waals surface area contributed by atoms with Crippen LogP contribution in [0.15, 0.2) is 100 Å². The summed E-state index contributed by atoms with van der Waals surface area (Å²) in [6.07, 6.45) is 1.42. The Kier molecular flexibility index (Phi) is 6.76. The second-order valence-electron chi connectivity index (χ2n) is 8.10. The smallest absolute Gasteiger partial charge is 0.291 e. The van der Waals surface area contributed by atoms with Gasteiger partial charge < -0.3 is 24.2 Å². The van der Waals surface area contributed by atoms with Gasteiger partial charge in [-0.2, -0.15) is 0 Å². The maximum atomic E-state index is 12.7. The Hall–Kier alpha value is -5.18. The molecule has 0 saturated carbocycles. The predicted octanol–water partition coefficient (Wildman–Crippen LogP) is 5.72. The Morgan fingerprint density at radius 2 is 1.65 bits per heavy atom. The van der Waals surface area contributed by atoms with Crippen LogP contribution >= 0.6 is 0 Å². The van der Waals surface area contributed by atoms with Crippen molar-refractivity contribution in [1.29, 1.82) is 0 Å². The van der Waals surface area contributed by atoms with Crippen LogP contribution in [-0.2, 0) is 6.61 Å². The van der Waals surface area contributed by atoms with Crippen LogP contribution in [0.5, 0.6) is 5.75 Å². The minimum absolute atomic E-state index is 0.112. The second kappa shape index (κ2) is 10.6. The van der Waals surface area contributed by atoms with Gasteiger partial charge in [-0.1, -0.05) is 24.3 Å². The zero-order valence-electron chi connectivity index (χ0n) is 19.8. The van der Waals surface area contributed by atoms with Crippen molar-refractivity contribution in [2.24, 2.45) is 0 Å². The molecule has 184 valence electrons. The van der Waals surface area contributed by atoms with Crippen LogP contribution in [0, 0.1) is 6.92 Å². The van der Waals surface area contributed by atoms with Gasteiger partial charge in [0.15, 0.2) is 12.4 Å². The number of aromatic nitrogens is 2. The third kappa shape index (κ3) is 5.73. The van der Waals surface area contributed by atoms with Gasteiger partial charge in [-0.05, 0) is 73.2 Å². The molecule has 0 saturated heterocycles. The quantitative estimate of drug-likeness (QED) is 0.283. The summed E-state index contributed by atoms with van der Waals surface area (Å²) >= 11 is 0. The number of carbonyl (C=O) groups excluding carboxylic acids is 2. The van der Waals surface area contributed by atoms with Crippen molar-refractivity contribution in [3.8, 4) is 17.2 Å². The molecule has 9 nitrogen and oxygen atoms in total. The predicted molar refractivity (Wildman–Crippen MR) is 136 cm³/mol. The second-order valence-corrected chi connectivity index (χ2v) is 8.10. The van der Waals surface area contributed by atoms with Crippen molar-refractivity contribution in [2.75, 3.05) is 10.6 Å². The topological polar surface area (TPSA) is 119 Å². The molecule has 0 bridgehead atoms. The highest BCUT2D eigenvalue weighted by Crippen LogP contribution is 2.23. The zero-order chi connectivity index (χ0) is 25.6. The number of nitrogens with one attached hydrogen (secondary N) is 2. The highest BCUT2D eigenvalue weighted by atomic mass is 16.5. The number of hydrogen-bond acceptors (Lipinski definition) is 7. The van der Waals surface area contributed by atoms with Crippen LogP contribution in [0.4, 0.5) is 11.4 Å². The molecular formula is C28H22N4O5. The largest absolute Gasteiger partial charge is 0.484 e. The highest BCUT2D eigenvalue weighted by molar-refractivity contribution is 6.06. The lowest BCUT2D eigenvalue weighted by atomic mass is 10.1. The average molecular weight is 495 g/mol. The van der Waals surface area contributed by atoms with Crippen LogP contribution in [0.25, 0.3) is 11.5 Å². The van der Waals surface area contributed by atoms with Crippen molar-refractivity contribution in [3.63, 3.8) is 0 Å². The number of hydrogen-bond donors (Lipinski definition) is 2. The van der Waals surface area contributed by atoms with Gasteiger partial charge in [-0.15, -0.1) is 10.2 Å².